The second-order valence-electron chi connectivity index (χ2n) is 9.21. The van der Waals surface area contributed by atoms with Gasteiger partial charge in [0, 0.05) is 49.8 Å². The molecule has 2 aliphatic rings. The molecule has 0 radical (unpaired) electrons. The number of piperazine rings is 1. The van der Waals surface area contributed by atoms with Gasteiger partial charge in [-0.1, -0.05) is 35.5 Å². The highest BCUT2D eigenvalue weighted by molar-refractivity contribution is 5.88. The first-order chi connectivity index (χ1) is 17.1. The molecule has 0 saturated carbocycles. The van der Waals surface area contributed by atoms with Crippen molar-refractivity contribution in [1.82, 2.24) is 29.8 Å². The van der Waals surface area contributed by atoms with Gasteiger partial charge in [0.2, 0.25) is 5.91 Å². The predicted octanol–water partition coefficient (Wildman–Crippen LogP) is 3.06. The second-order valence-corrected chi connectivity index (χ2v) is 9.21. The molecule has 0 bridgehead atoms. The number of benzene rings is 2. The van der Waals surface area contributed by atoms with E-state index >= 15 is 0 Å². The van der Waals surface area contributed by atoms with Crippen LogP contribution in [0.15, 0.2) is 54.7 Å². The van der Waals surface area contributed by atoms with Crippen LogP contribution >= 0.6 is 0 Å². The van der Waals surface area contributed by atoms with Gasteiger partial charge in [-0.15, -0.1) is 5.10 Å². The van der Waals surface area contributed by atoms with Crippen molar-refractivity contribution >= 4 is 16.8 Å². The summed E-state index contributed by atoms with van der Waals surface area (Å²) in [7, 11) is 0. The number of carbonyl (C=O) groups is 1. The SMILES string of the molecule is O=C(Cc1c[nH]c2ccccc12)N1CCN(Cc2nnn3c2CO[C@@H](c2cccc(F)c2)C3)CC1. The van der Waals surface area contributed by atoms with Gasteiger partial charge < -0.3 is 14.6 Å². The number of amides is 1. The first-order valence-electron chi connectivity index (χ1n) is 12.0. The minimum absolute atomic E-state index is 0.159. The van der Waals surface area contributed by atoms with Crippen molar-refractivity contribution in [2.45, 2.75) is 32.2 Å². The largest absolute Gasteiger partial charge is 0.365 e. The number of fused-ring (bicyclic) bond motifs is 2. The molecule has 0 spiro atoms. The molecule has 35 heavy (non-hydrogen) atoms. The molecule has 1 N–H and O–H groups in total. The highest BCUT2D eigenvalue weighted by atomic mass is 19.1. The van der Waals surface area contributed by atoms with Gasteiger partial charge in [-0.25, -0.2) is 9.07 Å². The average molecular weight is 475 g/mol. The summed E-state index contributed by atoms with van der Waals surface area (Å²) >= 11 is 0. The molecule has 1 fully saturated rings. The van der Waals surface area contributed by atoms with Gasteiger partial charge in [-0.05, 0) is 29.3 Å². The molecule has 180 valence electrons. The van der Waals surface area contributed by atoms with E-state index < -0.39 is 0 Å². The number of carbonyl (C=O) groups excluding carboxylic acids is 1. The average Bonchev–Trinajstić information content (AvgIpc) is 3.48. The Bertz CT molecular complexity index is 1360. The van der Waals surface area contributed by atoms with Gasteiger partial charge in [0.25, 0.3) is 0 Å². The van der Waals surface area contributed by atoms with Crippen molar-refractivity contribution in [2.75, 3.05) is 26.2 Å². The molecule has 2 aliphatic heterocycles. The number of hydrogen-bond donors (Lipinski definition) is 1. The van der Waals surface area contributed by atoms with Crippen molar-refractivity contribution in [2.24, 2.45) is 0 Å². The number of hydrogen-bond acceptors (Lipinski definition) is 5. The topological polar surface area (TPSA) is 79.3 Å². The standard InChI is InChI=1S/C26H27FN6O2/c27-20-5-3-4-18(12-20)25-16-33-24(17-35-25)23(29-30-33)15-31-8-10-32(11-9-31)26(34)13-19-14-28-22-7-2-1-6-21(19)22/h1-7,12,14,25,28H,8-11,13,15-17H2/t25-/m1/s1. The maximum Gasteiger partial charge on any atom is 0.227 e. The minimum atomic E-state index is -0.268. The summed E-state index contributed by atoms with van der Waals surface area (Å²) in [6.45, 7) is 4.56. The van der Waals surface area contributed by atoms with Crippen LogP contribution in [0.5, 0.6) is 0 Å². The molecule has 0 unspecified atom stereocenters. The van der Waals surface area contributed by atoms with E-state index in [2.05, 4.69) is 26.3 Å². The maximum atomic E-state index is 13.6. The number of aromatic amines is 1. The van der Waals surface area contributed by atoms with Crippen molar-refractivity contribution in [3.05, 3.63) is 83.1 Å². The van der Waals surface area contributed by atoms with Crippen molar-refractivity contribution in [3.63, 3.8) is 0 Å². The zero-order valence-corrected chi connectivity index (χ0v) is 19.4. The fourth-order valence-electron chi connectivity index (χ4n) is 5.01. The van der Waals surface area contributed by atoms with Gasteiger partial charge >= 0.3 is 0 Å². The van der Waals surface area contributed by atoms with Crippen LogP contribution in [-0.4, -0.2) is 61.9 Å². The highest BCUT2D eigenvalue weighted by Crippen LogP contribution is 2.28. The summed E-state index contributed by atoms with van der Waals surface area (Å²) < 4.78 is 21.5. The Balaban J connectivity index is 1.04. The van der Waals surface area contributed by atoms with E-state index in [1.54, 1.807) is 6.07 Å². The Morgan fingerprint density at radius 3 is 2.83 bits per heavy atom. The van der Waals surface area contributed by atoms with Crippen LogP contribution in [0.3, 0.4) is 0 Å². The highest BCUT2D eigenvalue weighted by Gasteiger charge is 2.27. The molecule has 1 saturated heterocycles. The minimum Gasteiger partial charge on any atom is -0.365 e. The second kappa shape index (κ2) is 9.24. The number of nitrogens with zero attached hydrogens (tertiary/aromatic N) is 5. The van der Waals surface area contributed by atoms with Gasteiger partial charge in [0.1, 0.15) is 17.6 Å². The number of para-hydroxylation sites is 1. The molecule has 6 rings (SSSR count). The number of ether oxygens (including phenoxy) is 1. The summed E-state index contributed by atoms with van der Waals surface area (Å²) in [5, 5.41) is 9.84. The van der Waals surface area contributed by atoms with Crippen LogP contribution in [0.25, 0.3) is 10.9 Å². The third-order valence-corrected chi connectivity index (χ3v) is 7.01. The lowest BCUT2D eigenvalue weighted by Gasteiger charge is -2.34. The maximum absolute atomic E-state index is 13.6. The predicted molar refractivity (Wildman–Crippen MR) is 128 cm³/mol. The molecule has 0 aliphatic carbocycles. The van der Waals surface area contributed by atoms with Crippen LogP contribution in [-0.2, 0) is 35.6 Å². The van der Waals surface area contributed by atoms with E-state index in [0.717, 1.165) is 46.5 Å². The lowest BCUT2D eigenvalue weighted by atomic mass is 10.1. The fourth-order valence-corrected chi connectivity index (χ4v) is 5.01. The molecule has 1 amide bonds. The Morgan fingerprint density at radius 1 is 1.11 bits per heavy atom. The Labute approximate surface area is 202 Å². The van der Waals surface area contributed by atoms with Gasteiger partial charge in [0.05, 0.1) is 25.3 Å². The molecule has 9 heteroatoms. The van der Waals surface area contributed by atoms with E-state index in [1.807, 2.05) is 40.0 Å². The fraction of sp³-hybridized carbons (Fsp3) is 0.346. The Kier molecular flexibility index (Phi) is 5.79. The lowest BCUT2D eigenvalue weighted by Crippen LogP contribution is -2.48. The van der Waals surface area contributed by atoms with Crippen LogP contribution in [0.2, 0.25) is 0 Å². The van der Waals surface area contributed by atoms with Gasteiger partial charge in [-0.3, -0.25) is 9.69 Å². The summed E-state index contributed by atoms with van der Waals surface area (Å²) in [4.78, 5) is 20.4. The zero-order valence-electron chi connectivity index (χ0n) is 19.4. The first kappa shape index (κ1) is 21.9. The van der Waals surface area contributed by atoms with E-state index in [1.165, 1.54) is 12.1 Å². The van der Waals surface area contributed by atoms with Crippen LogP contribution < -0.4 is 0 Å². The molecular weight excluding hydrogens is 447 g/mol. The quantitative estimate of drug-likeness (QED) is 0.481. The van der Waals surface area contributed by atoms with Crippen molar-refractivity contribution < 1.29 is 13.9 Å². The summed E-state index contributed by atoms with van der Waals surface area (Å²) in [5.41, 5.74) is 4.78. The molecule has 8 nitrogen and oxygen atoms in total. The molecule has 1 atom stereocenters. The number of H-pyrrole nitrogens is 1. The number of nitrogens with one attached hydrogen (secondary N) is 1. The van der Waals surface area contributed by atoms with E-state index in [0.29, 0.717) is 39.2 Å². The van der Waals surface area contributed by atoms with Gasteiger partial charge in [-0.2, -0.15) is 0 Å². The monoisotopic (exact) mass is 474 g/mol. The Morgan fingerprint density at radius 2 is 1.97 bits per heavy atom. The Hall–Kier alpha value is -3.56. The summed E-state index contributed by atoms with van der Waals surface area (Å²) in [6, 6.07) is 14.6. The zero-order chi connectivity index (χ0) is 23.8. The van der Waals surface area contributed by atoms with E-state index in [4.69, 9.17) is 4.74 Å². The van der Waals surface area contributed by atoms with Gasteiger partial charge in [0.15, 0.2) is 0 Å². The van der Waals surface area contributed by atoms with Crippen molar-refractivity contribution in [1.29, 1.82) is 0 Å². The smallest absolute Gasteiger partial charge is 0.227 e. The van der Waals surface area contributed by atoms with Crippen LogP contribution in [0, 0.1) is 5.82 Å². The number of aromatic nitrogens is 4. The third-order valence-electron chi connectivity index (χ3n) is 7.01. The first-order valence-corrected chi connectivity index (χ1v) is 12.0. The lowest BCUT2D eigenvalue weighted by molar-refractivity contribution is -0.132. The van der Waals surface area contributed by atoms with Crippen molar-refractivity contribution in [3.8, 4) is 0 Å². The molecule has 4 aromatic rings. The van der Waals surface area contributed by atoms with E-state index in [9.17, 15) is 9.18 Å². The summed E-state index contributed by atoms with van der Waals surface area (Å²) in [6.07, 6.45) is 2.11. The molecule has 4 heterocycles. The number of rotatable bonds is 5. The normalized spacial score (nSPS) is 18.7. The third kappa shape index (κ3) is 4.44. The number of halogens is 1. The molecule has 2 aromatic heterocycles. The molecule has 2 aromatic carbocycles. The van der Waals surface area contributed by atoms with Crippen LogP contribution in [0.4, 0.5) is 4.39 Å². The molecular formula is C26H27FN6O2. The van der Waals surface area contributed by atoms with E-state index in [-0.39, 0.29) is 17.8 Å². The van der Waals surface area contributed by atoms with Crippen LogP contribution in [0.1, 0.15) is 28.6 Å². The summed E-state index contributed by atoms with van der Waals surface area (Å²) in [5.74, 6) is -0.109.